The van der Waals surface area contributed by atoms with Crippen LogP contribution in [0.4, 0.5) is 0 Å². The normalized spacial score (nSPS) is 12.6. The molecule has 1 aromatic heterocycles. The van der Waals surface area contributed by atoms with Crippen molar-refractivity contribution in [1.29, 1.82) is 0 Å². The van der Waals surface area contributed by atoms with Crippen molar-refractivity contribution < 1.29 is 9.84 Å². The van der Waals surface area contributed by atoms with Crippen molar-refractivity contribution in [2.24, 2.45) is 5.10 Å². The average Bonchev–Trinajstić information content (AvgIpc) is 2.69. The summed E-state index contributed by atoms with van der Waals surface area (Å²) in [5.74, 6) is 1.10. The number of benzene rings is 2. The molecule has 0 amide bonds. The number of fused-ring (bicyclic) bond motifs is 1. The number of hydrogen-bond acceptors (Lipinski definition) is 5. The lowest BCUT2D eigenvalue weighted by atomic mass is 10.1. The molecule has 1 N–H and O–H groups in total. The van der Waals surface area contributed by atoms with Gasteiger partial charge in [0.15, 0.2) is 11.5 Å². The van der Waals surface area contributed by atoms with Gasteiger partial charge in [-0.15, -0.1) is 0 Å². The lowest BCUT2D eigenvalue weighted by Crippen LogP contribution is -2.23. The van der Waals surface area contributed by atoms with Gasteiger partial charge in [-0.25, -0.2) is 4.98 Å². The molecular formula is C20H19BrIN3O3. The number of rotatable bonds is 5. The van der Waals surface area contributed by atoms with Gasteiger partial charge >= 0.3 is 0 Å². The molecule has 3 rings (SSSR count). The topological polar surface area (TPSA) is 76.7 Å². The molecule has 2 aromatic carbocycles. The first kappa shape index (κ1) is 20.8. The number of methoxy groups -OCH3 is 1. The van der Waals surface area contributed by atoms with E-state index < -0.39 is 0 Å². The van der Waals surface area contributed by atoms with Crippen molar-refractivity contribution in [1.82, 2.24) is 9.66 Å². The Morgan fingerprint density at radius 2 is 2.14 bits per heavy atom. The second-order valence-corrected chi connectivity index (χ2v) is 8.43. The van der Waals surface area contributed by atoms with Crippen LogP contribution in [0.25, 0.3) is 10.9 Å². The van der Waals surface area contributed by atoms with Gasteiger partial charge < -0.3 is 9.84 Å². The van der Waals surface area contributed by atoms with Crippen LogP contribution < -0.4 is 10.3 Å². The zero-order valence-electron chi connectivity index (χ0n) is 15.6. The van der Waals surface area contributed by atoms with E-state index in [2.05, 4.69) is 26.0 Å². The Bertz CT molecular complexity index is 1130. The number of aromatic nitrogens is 2. The monoisotopic (exact) mass is 555 g/mol. The van der Waals surface area contributed by atoms with Gasteiger partial charge in [-0.05, 0) is 64.9 Å². The first-order valence-electron chi connectivity index (χ1n) is 8.68. The molecule has 28 heavy (non-hydrogen) atoms. The first-order valence-corrected chi connectivity index (χ1v) is 10.6. The second-order valence-electron chi connectivity index (χ2n) is 6.36. The lowest BCUT2D eigenvalue weighted by Gasteiger charge is -2.14. The Balaban J connectivity index is 2.19. The van der Waals surface area contributed by atoms with Gasteiger partial charge in [0.25, 0.3) is 5.56 Å². The van der Waals surface area contributed by atoms with Crippen LogP contribution in [0, 0.1) is 3.57 Å². The van der Waals surface area contributed by atoms with Crippen LogP contribution in [0.1, 0.15) is 37.6 Å². The molecule has 0 fully saturated rings. The highest BCUT2D eigenvalue weighted by molar-refractivity contribution is 14.1. The van der Waals surface area contributed by atoms with Crippen molar-refractivity contribution in [2.45, 2.75) is 26.2 Å². The molecular weight excluding hydrogens is 537 g/mol. The summed E-state index contributed by atoms with van der Waals surface area (Å²) in [6.45, 7) is 4.06. The number of hydrogen-bond donors (Lipinski definition) is 1. The highest BCUT2D eigenvalue weighted by atomic mass is 127. The SMILES string of the molecule is CC[C@H](C)c1nc2ccc(Br)cc2c(=O)n1N=Cc1cc(I)c(O)c(OC)c1. The van der Waals surface area contributed by atoms with Gasteiger partial charge in [-0.3, -0.25) is 4.79 Å². The number of ether oxygens (including phenoxy) is 1. The quantitative estimate of drug-likeness (QED) is 0.360. The van der Waals surface area contributed by atoms with Crippen molar-refractivity contribution in [2.75, 3.05) is 7.11 Å². The van der Waals surface area contributed by atoms with Crippen LogP contribution in [-0.2, 0) is 0 Å². The van der Waals surface area contributed by atoms with Crippen molar-refractivity contribution in [3.63, 3.8) is 0 Å². The van der Waals surface area contributed by atoms with Crippen molar-refractivity contribution in [3.05, 3.63) is 60.1 Å². The zero-order chi connectivity index (χ0) is 20.4. The van der Waals surface area contributed by atoms with E-state index in [1.165, 1.54) is 11.8 Å². The number of phenolic OH excluding ortho intramolecular Hbond substituents is 1. The van der Waals surface area contributed by atoms with E-state index in [0.29, 0.717) is 31.6 Å². The average molecular weight is 556 g/mol. The van der Waals surface area contributed by atoms with Crippen molar-refractivity contribution >= 4 is 55.6 Å². The van der Waals surface area contributed by atoms with Crippen LogP contribution in [-0.4, -0.2) is 28.1 Å². The summed E-state index contributed by atoms with van der Waals surface area (Å²) in [5.41, 5.74) is 1.13. The van der Waals surface area contributed by atoms with Gasteiger partial charge in [-0.2, -0.15) is 9.78 Å². The Morgan fingerprint density at radius 3 is 2.82 bits per heavy atom. The van der Waals surface area contributed by atoms with E-state index in [1.54, 1.807) is 24.4 Å². The molecule has 0 aliphatic rings. The first-order chi connectivity index (χ1) is 13.3. The molecule has 1 heterocycles. The second kappa shape index (κ2) is 8.60. The molecule has 6 nitrogen and oxygen atoms in total. The fraction of sp³-hybridized carbons (Fsp3) is 0.250. The van der Waals surface area contributed by atoms with Gasteiger partial charge in [0.1, 0.15) is 5.82 Å². The van der Waals surface area contributed by atoms with Crippen LogP contribution in [0.15, 0.2) is 44.7 Å². The fourth-order valence-corrected chi connectivity index (χ4v) is 3.71. The molecule has 0 saturated carbocycles. The van der Waals surface area contributed by atoms with Gasteiger partial charge in [0, 0.05) is 10.4 Å². The number of aromatic hydroxyl groups is 1. The maximum Gasteiger partial charge on any atom is 0.282 e. The zero-order valence-corrected chi connectivity index (χ0v) is 19.4. The molecule has 3 aromatic rings. The Hall–Kier alpha value is -1.94. The van der Waals surface area contributed by atoms with E-state index in [4.69, 9.17) is 4.74 Å². The molecule has 0 saturated heterocycles. The third-order valence-electron chi connectivity index (χ3n) is 4.48. The highest BCUT2D eigenvalue weighted by Crippen LogP contribution is 2.32. The third kappa shape index (κ3) is 4.07. The van der Waals surface area contributed by atoms with Crippen LogP contribution in [0.5, 0.6) is 11.5 Å². The van der Waals surface area contributed by atoms with Gasteiger partial charge in [0.2, 0.25) is 0 Å². The molecule has 0 aliphatic carbocycles. The molecule has 0 bridgehead atoms. The maximum atomic E-state index is 13.1. The predicted molar refractivity (Wildman–Crippen MR) is 123 cm³/mol. The summed E-state index contributed by atoms with van der Waals surface area (Å²) in [5, 5.41) is 14.9. The standard InChI is InChI=1S/C20H19BrIN3O3/c1-4-11(2)19-24-16-6-5-13(21)9-14(16)20(27)25(19)23-10-12-7-15(22)18(26)17(8-12)28-3/h5-11,26H,4H2,1-3H3/t11-/m0/s1. The molecule has 8 heteroatoms. The van der Waals surface area contributed by atoms with Crippen molar-refractivity contribution in [3.8, 4) is 11.5 Å². The van der Waals surface area contributed by atoms with E-state index in [-0.39, 0.29) is 17.2 Å². The summed E-state index contributed by atoms with van der Waals surface area (Å²) in [7, 11) is 1.49. The summed E-state index contributed by atoms with van der Waals surface area (Å²) in [4.78, 5) is 17.8. The third-order valence-corrected chi connectivity index (χ3v) is 5.80. The predicted octanol–water partition coefficient (Wildman–Crippen LogP) is 4.87. The minimum absolute atomic E-state index is 0.0624. The number of phenols is 1. The van der Waals surface area contributed by atoms with Gasteiger partial charge in [-0.1, -0.05) is 29.8 Å². The Morgan fingerprint density at radius 1 is 1.39 bits per heavy atom. The molecule has 0 radical (unpaired) electrons. The van der Waals surface area contributed by atoms with E-state index in [1.807, 2.05) is 48.6 Å². The molecule has 0 aliphatic heterocycles. The van der Waals surface area contributed by atoms with Crippen LogP contribution in [0.3, 0.4) is 0 Å². The molecule has 0 unspecified atom stereocenters. The van der Waals surface area contributed by atoms with E-state index in [0.717, 1.165) is 10.9 Å². The van der Waals surface area contributed by atoms with Gasteiger partial charge in [0.05, 0.1) is 27.8 Å². The number of halogens is 2. The number of nitrogens with zero attached hydrogens (tertiary/aromatic N) is 3. The fourth-order valence-electron chi connectivity index (χ4n) is 2.73. The van der Waals surface area contributed by atoms with Crippen LogP contribution in [0.2, 0.25) is 0 Å². The lowest BCUT2D eigenvalue weighted by molar-refractivity contribution is 0.371. The van der Waals surface area contributed by atoms with Crippen LogP contribution >= 0.6 is 38.5 Å². The van der Waals surface area contributed by atoms with E-state index >= 15 is 0 Å². The minimum Gasteiger partial charge on any atom is -0.504 e. The summed E-state index contributed by atoms with van der Waals surface area (Å²) in [6, 6.07) is 8.88. The highest BCUT2D eigenvalue weighted by Gasteiger charge is 2.16. The molecule has 146 valence electrons. The van der Waals surface area contributed by atoms with E-state index in [9.17, 15) is 9.90 Å². The molecule has 1 atom stereocenters. The summed E-state index contributed by atoms with van der Waals surface area (Å²) in [6.07, 6.45) is 2.40. The largest absolute Gasteiger partial charge is 0.504 e. The minimum atomic E-state index is -0.224. The maximum absolute atomic E-state index is 13.1. The Labute approximate surface area is 184 Å². The molecule has 0 spiro atoms. The summed E-state index contributed by atoms with van der Waals surface area (Å²) < 4.78 is 7.99. The Kier molecular flexibility index (Phi) is 6.39. The summed E-state index contributed by atoms with van der Waals surface area (Å²) >= 11 is 5.43. The smallest absolute Gasteiger partial charge is 0.282 e.